The van der Waals surface area contributed by atoms with E-state index in [-0.39, 0.29) is 52.1 Å². The maximum atomic E-state index is 14.6. The van der Waals surface area contributed by atoms with Crippen molar-refractivity contribution in [1.29, 1.82) is 0 Å². The van der Waals surface area contributed by atoms with Crippen LogP contribution in [0.3, 0.4) is 0 Å². The van der Waals surface area contributed by atoms with Gasteiger partial charge in [-0.1, -0.05) is 78.1 Å². The van der Waals surface area contributed by atoms with Crippen LogP contribution in [0.25, 0.3) is 0 Å². The maximum absolute atomic E-state index is 14.6. The Hall–Kier alpha value is -1.99. The SMILES string of the molecule is CCCCCCCCCCCCOC(=O)C(C)(CC(C)(CCC)C(=O)OCCOP(=O)([O-])OCC[N+](C)(C)C)CC(C)(CC(C)(C)C(=O)OCCC[Si](OC)(OC)OC)C(=O)OCC(C)O. The van der Waals surface area contributed by atoms with E-state index in [9.17, 15) is 33.7 Å². The maximum Gasteiger partial charge on any atom is 0.500 e. The van der Waals surface area contributed by atoms with Crippen molar-refractivity contribution < 1.29 is 79.5 Å². The third kappa shape index (κ3) is 25.6. The second-order valence-corrected chi connectivity index (χ2v) is 24.9. The number of phosphoric acid groups is 1. The van der Waals surface area contributed by atoms with Crippen LogP contribution in [0.4, 0.5) is 0 Å². The number of phosphoric ester groups is 1. The number of unbranched alkanes of at least 4 members (excludes halogenated alkanes) is 9. The van der Waals surface area contributed by atoms with Crippen LogP contribution in [0, 0.1) is 21.7 Å². The van der Waals surface area contributed by atoms with Crippen molar-refractivity contribution in [2.24, 2.45) is 21.7 Å². The van der Waals surface area contributed by atoms with Gasteiger partial charge in [-0.15, -0.1) is 0 Å². The van der Waals surface area contributed by atoms with Gasteiger partial charge in [0.1, 0.15) is 26.4 Å². The lowest BCUT2D eigenvalue weighted by Gasteiger charge is -2.43. The number of aliphatic hydroxyl groups excluding tert-OH is 1. The number of nitrogens with zero attached hydrogens (tertiary/aromatic N) is 1. The molecular weight excluding hydrogens is 894 g/mol. The quantitative estimate of drug-likeness (QED) is 0.0154. The zero-order valence-corrected chi connectivity index (χ0v) is 45.4. The molecule has 0 amide bonds. The minimum absolute atomic E-state index is 0.0256. The van der Waals surface area contributed by atoms with Gasteiger partial charge in [0.05, 0.1) is 68.7 Å². The largest absolute Gasteiger partial charge is 0.756 e. The molecule has 0 aromatic carbocycles. The van der Waals surface area contributed by atoms with E-state index in [0.717, 1.165) is 25.7 Å². The summed E-state index contributed by atoms with van der Waals surface area (Å²) in [5, 5.41) is 10.1. The fraction of sp³-hybridized carbons (Fsp3) is 0.915. The molecule has 0 aliphatic rings. The molecule has 390 valence electrons. The summed E-state index contributed by atoms with van der Waals surface area (Å²) in [7, 11) is 2.57. The van der Waals surface area contributed by atoms with E-state index >= 15 is 0 Å². The van der Waals surface area contributed by atoms with E-state index in [1.165, 1.54) is 60.4 Å². The smallest absolute Gasteiger partial charge is 0.500 e. The van der Waals surface area contributed by atoms with E-state index in [0.29, 0.717) is 36.3 Å². The Bertz CT molecular complexity index is 1450. The van der Waals surface area contributed by atoms with Crippen LogP contribution in [0.5, 0.6) is 0 Å². The van der Waals surface area contributed by atoms with E-state index in [1.54, 1.807) is 34.6 Å². The Balaban J connectivity index is 6.61. The lowest BCUT2D eigenvalue weighted by molar-refractivity contribution is -0.870. The number of carbonyl (C=O) groups excluding carboxylic acids is 4. The summed E-state index contributed by atoms with van der Waals surface area (Å²) >= 11 is 0. The van der Waals surface area contributed by atoms with Crippen molar-refractivity contribution in [3.8, 4) is 0 Å². The number of hydrogen-bond acceptors (Lipinski definition) is 16. The van der Waals surface area contributed by atoms with Crippen molar-refractivity contribution in [3.05, 3.63) is 0 Å². The van der Waals surface area contributed by atoms with Crippen LogP contribution in [-0.4, -0.2) is 137 Å². The third-order valence-corrected chi connectivity index (χ3v) is 15.6. The summed E-state index contributed by atoms with van der Waals surface area (Å²) in [4.78, 5) is 69.0. The first-order valence-electron chi connectivity index (χ1n) is 24.1. The molecule has 0 aromatic heterocycles. The summed E-state index contributed by atoms with van der Waals surface area (Å²) in [5.41, 5.74) is -5.71. The van der Waals surface area contributed by atoms with Crippen molar-refractivity contribution in [3.63, 3.8) is 0 Å². The molecule has 0 bridgehead atoms. The molecule has 5 atom stereocenters. The van der Waals surface area contributed by atoms with E-state index in [2.05, 4.69) is 6.92 Å². The van der Waals surface area contributed by atoms with Gasteiger partial charge >= 0.3 is 32.7 Å². The predicted octanol–water partition coefficient (Wildman–Crippen LogP) is 7.95. The summed E-state index contributed by atoms with van der Waals surface area (Å²) in [6.45, 7) is 13.0. The fourth-order valence-corrected chi connectivity index (χ4v) is 10.8. The van der Waals surface area contributed by atoms with Gasteiger partial charge in [0, 0.05) is 27.4 Å². The molecule has 0 saturated heterocycles. The second kappa shape index (κ2) is 31.3. The fourth-order valence-electron chi connectivity index (χ4n) is 8.42. The highest BCUT2D eigenvalue weighted by Crippen LogP contribution is 2.50. The van der Waals surface area contributed by atoms with Crippen LogP contribution in [0.2, 0.25) is 6.04 Å². The van der Waals surface area contributed by atoms with Gasteiger partial charge in [-0.05, 0) is 80.1 Å². The number of carbonyl (C=O) groups is 4. The molecule has 66 heavy (non-hydrogen) atoms. The summed E-state index contributed by atoms with van der Waals surface area (Å²) in [5.74, 6) is -2.67. The number of hydrogen-bond donors (Lipinski definition) is 1. The first-order chi connectivity index (χ1) is 30.6. The zero-order chi connectivity index (χ0) is 50.7. The molecule has 5 unspecified atom stereocenters. The van der Waals surface area contributed by atoms with Gasteiger partial charge in [-0.25, -0.2) is 0 Å². The molecule has 1 N–H and O–H groups in total. The van der Waals surface area contributed by atoms with Crippen LogP contribution in [0.15, 0.2) is 0 Å². The molecule has 0 aliphatic carbocycles. The van der Waals surface area contributed by atoms with Crippen molar-refractivity contribution in [2.45, 2.75) is 170 Å². The molecule has 0 radical (unpaired) electrons. The zero-order valence-electron chi connectivity index (χ0n) is 43.5. The van der Waals surface area contributed by atoms with E-state index in [1.807, 2.05) is 28.1 Å². The molecule has 0 aromatic rings. The minimum atomic E-state index is -4.67. The molecule has 19 heteroatoms. The van der Waals surface area contributed by atoms with Crippen molar-refractivity contribution >= 4 is 40.5 Å². The number of esters is 4. The molecule has 0 saturated carbocycles. The average Bonchev–Trinajstić information content (AvgIpc) is 3.22. The first kappa shape index (κ1) is 64.0. The summed E-state index contributed by atoms with van der Waals surface area (Å²) in [6, 6.07) is 0.393. The average molecular weight is 986 g/mol. The number of likely N-dealkylation sites (N-methyl/N-ethyl adjacent to an activating group) is 1. The van der Waals surface area contributed by atoms with Gasteiger partial charge in [0.15, 0.2) is 0 Å². The van der Waals surface area contributed by atoms with Gasteiger partial charge in [0.25, 0.3) is 7.82 Å². The third-order valence-electron chi connectivity index (χ3n) is 11.8. The summed E-state index contributed by atoms with van der Waals surface area (Å²) < 4.78 is 62.2. The van der Waals surface area contributed by atoms with Crippen molar-refractivity contribution in [1.82, 2.24) is 0 Å². The lowest BCUT2D eigenvalue weighted by Crippen LogP contribution is -2.47. The van der Waals surface area contributed by atoms with Crippen LogP contribution < -0.4 is 4.89 Å². The summed E-state index contributed by atoms with van der Waals surface area (Å²) in [6.07, 6.45) is 10.6. The molecule has 0 heterocycles. The Morgan fingerprint density at radius 1 is 0.591 bits per heavy atom. The van der Waals surface area contributed by atoms with E-state index in [4.69, 9.17) is 41.3 Å². The predicted molar refractivity (Wildman–Crippen MR) is 253 cm³/mol. The number of ether oxygens (including phenoxy) is 4. The highest BCUT2D eigenvalue weighted by molar-refractivity contribution is 7.45. The Morgan fingerprint density at radius 2 is 1.03 bits per heavy atom. The minimum Gasteiger partial charge on any atom is -0.756 e. The van der Waals surface area contributed by atoms with Gasteiger partial charge in [-0.2, -0.15) is 0 Å². The molecule has 0 rings (SSSR count). The number of aliphatic hydroxyl groups is 1. The molecule has 0 spiro atoms. The Morgan fingerprint density at radius 3 is 1.55 bits per heavy atom. The monoisotopic (exact) mass is 986 g/mol. The highest BCUT2D eigenvalue weighted by Gasteiger charge is 2.54. The second-order valence-electron chi connectivity index (χ2n) is 20.4. The molecule has 17 nitrogen and oxygen atoms in total. The number of quaternary nitrogens is 1. The van der Waals surface area contributed by atoms with Gasteiger partial charge < -0.3 is 55.8 Å². The van der Waals surface area contributed by atoms with Crippen LogP contribution >= 0.6 is 7.82 Å². The molecule has 0 aliphatic heterocycles. The normalized spacial score (nSPS) is 16.5. The van der Waals surface area contributed by atoms with Crippen LogP contribution in [-0.2, 0) is 65.0 Å². The molecular formula is C47H92NO16PSi. The topological polar surface area (TPSA) is 212 Å². The Labute approximate surface area is 399 Å². The first-order valence-corrected chi connectivity index (χ1v) is 27.5. The van der Waals surface area contributed by atoms with Crippen molar-refractivity contribution in [2.75, 3.05) is 88.7 Å². The highest BCUT2D eigenvalue weighted by atomic mass is 31.2. The van der Waals surface area contributed by atoms with Gasteiger partial charge in [-0.3, -0.25) is 23.7 Å². The van der Waals surface area contributed by atoms with Gasteiger partial charge in [0.2, 0.25) is 0 Å². The van der Waals surface area contributed by atoms with Crippen LogP contribution in [0.1, 0.15) is 158 Å². The van der Waals surface area contributed by atoms with E-state index < -0.39 is 81.5 Å². The standard InChI is InChI=1S/C47H92NO16PSi/c1-15-17-18-19-20-21-22-23-24-25-29-60-42(52)47(8,37-45(6,27-16-2)41(51)61-32-33-64-65(54,55)63-31-28-48(9,10)11)38-46(7,43(53)62-35-39(3)49)36-44(4,5)40(50)59-30-26-34-66(56-12,57-13)58-14/h39,49H,15-38H2,1-14H3. The number of rotatable bonds is 40. The molecule has 0 fully saturated rings. The Kier molecular flexibility index (Phi) is 30.3. The lowest BCUT2D eigenvalue weighted by atomic mass is 9.61.